The molecule has 32 heavy (non-hydrogen) atoms. The van der Waals surface area contributed by atoms with Gasteiger partial charge in [-0.25, -0.2) is 9.97 Å². The van der Waals surface area contributed by atoms with Crippen molar-refractivity contribution in [3.8, 4) is 11.3 Å². The van der Waals surface area contributed by atoms with Gasteiger partial charge in [-0.15, -0.1) is 0 Å². The molecule has 0 unspecified atom stereocenters. The van der Waals surface area contributed by atoms with Gasteiger partial charge in [0.1, 0.15) is 17.4 Å². The molecule has 7 nitrogen and oxygen atoms in total. The third-order valence-corrected chi connectivity index (χ3v) is 5.69. The fraction of sp³-hybridized carbons (Fsp3) is 0.240. The van der Waals surface area contributed by atoms with Crippen LogP contribution in [0.25, 0.3) is 22.1 Å². The first kappa shape index (κ1) is 20.2. The quantitative estimate of drug-likeness (QED) is 0.431. The molecule has 1 aliphatic heterocycles. The second-order valence-electron chi connectivity index (χ2n) is 8.17. The number of hydrogen-bond acceptors (Lipinski definition) is 6. The van der Waals surface area contributed by atoms with Gasteiger partial charge in [0.2, 0.25) is 0 Å². The normalized spacial score (nSPS) is 14.4. The Labute approximate surface area is 186 Å². The Hall–Kier alpha value is -3.71. The number of carbonyl (C=O) groups is 1. The summed E-state index contributed by atoms with van der Waals surface area (Å²) in [5.41, 5.74) is 2.60. The van der Waals surface area contributed by atoms with E-state index >= 15 is 0 Å². The second-order valence-corrected chi connectivity index (χ2v) is 8.17. The van der Waals surface area contributed by atoms with Crippen molar-refractivity contribution in [2.45, 2.75) is 25.8 Å². The van der Waals surface area contributed by atoms with Crippen LogP contribution in [0.3, 0.4) is 0 Å². The molecule has 0 saturated carbocycles. The van der Waals surface area contributed by atoms with Crippen molar-refractivity contribution in [1.29, 1.82) is 0 Å². The topological polar surface area (TPSA) is 92.1 Å². The van der Waals surface area contributed by atoms with Crippen molar-refractivity contribution in [1.82, 2.24) is 15.3 Å². The molecule has 1 saturated heterocycles. The van der Waals surface area contributed by atoms with Gasteiger partial charge >= 0.3 is 0 Å². The van der Waals surface area contributed by atoms with Gasteiger partial charge in [0.15, 0.2) is 0 Å². The Morgan fingerprint density at radius 3 is 2.72 bits per heavy atom. The van der Waals surface area contributed by atoms with Gasteiger partial charge in [-0.3, -0.25) is 4.79 Å². The number of furan rings is 1. The van der Waals surface area contributed by atoms with Crippen LogP contribution in [-0.2, 0) is 0 Å². The zero-order valence-corrected chi connectivity index (χ0v) is 17.9. The van der Waals surface area contributed by atoms with E-state index in [0.29, 0.717) is 17.4 Å². The van der Waals surface area contributed by atoms with E-state index in [1.54, 1.807) is 30.8 Å². The van der Waals surface area contributed by atoms with Crippen molar-refractivity contribution in [3.63, 3.8) is 0 Å². The zero-order valence-electron chi connectivity index (χ0n) is 17.9. The first-order valence-electron chi connectivity index (χ1n) is 10.8. The minimum Gasteiger partial charge on any atom is -0.464 e. The summed E-state index contributed by atoms with van der Waals surface area (Å²) < 4.78 is 5.62. The Bertz CT molecular complexity index is 1260. The molecule has 4 aromatic rings. The summed E-state index contributed by atoms with van der Waals surface area (Å²) in [5, 5.41) is 11.7. The predicted molar refractivity (Wildman–Crippen MR) is 126 cm³/mol. The number of carbonyl (C=O) groups excluding carboxylic acids is 1. The average Bonchev–Trinajstić information content (AvgIpc) is 3.26. The van der Waals surface area contributed by atoms with Crippen LogP contribution in [0.1, 0.15) is 28.8 Å². The predicted octanol–water partition coefficient (Wildman–Crippen LogP) is 4.61. The van der Waals surface area contributed by atoms with Crippen molar-refractivity contribution in [2.24, 2.45) is 0 Å². The standard InChI is InChI=1S/C25H25N5O2/c1-16-10-22(32-15-16)17-2-3-19-14-28-24(13-20(19)11-17)30-25(31)18-4-9-27-23(12-18)29-21-5-7-26-8-6-21/h2-4,9-15,21,26H,5-8H2,1H3,(H,27,29)(H,28,30,31). The maximum absolute atomic E-state index is 12.9. The molecule has 1 aromatic carbocycles. The van der Waals surface area contributed by atoms with Crippen molar-refractivity contribution >= 4 is 28.3 Å². The van der Waals surface area contributed by atoms with Gasteiger partial charge in [0.25, 0.3) is 5.91 Å². The molecular weight excluding hydrogens is 402 g/mol. The Balaban J connectivity index is 1.33. The largest absolute Gasteiger partial charge is 0.464 e. The number of nitrogens with zero attached hydrogens (tertiary/aromatic N) is 2. The molecule has 162 valence electrons. The van der Waals surface area contributed by atoms with Crippen molar-refractivity contribution in [2.75, 3.05) is 23.7 Å². The molecule has 3 aromatic heterocycles. The molecule has 1 amide bonds. The number of piperidine rings is 1. The van der Waals surface area contributed by atoms with E-state index in [0.717, 1.165) is 59.4 Å². The van der Waals surface area contributed by atoms with Crippen molar-refractivity contribution < 1.29 is 9.21 Å². The molecule has 0 bridgehead atoms. The smallest absolute Gasteiger partial charge is 0.257 e. The van der Waals surface area contributed by atoms with Crippen LogP contribution in [0.15, 0.2) is 65.5 Å². The third kappa shape index (κ3) is 4.48. The maximum atomic E-state index is 12.9. The highest BCUT2D eigenvalue weighted by Gasteiger charge is 2.15. The molecular formula is C25H25N5O2. The highest BCUT2D eigenvalue weighted by molar-refractivity contribution is 6.05. The van der Waals surface area contributed by atoms with Gasteiger partial charge in [-0.1, -0.05) is 12.1 Å². The van der Waals surface area contributed by atoms with Crippen LogP contribution in [0.4, 0.5) is 11.6 Å². The number of anilines is 2. The average molecular weight is 428 g/mol. The fourth-order valence-corrected chi connectivity index (χ4v) is 3.96. The zero-order chi connectivity index (χ0) is 21.9. The lowest BCUT2D eigenvalue weighted by molar-refractivity contribution is 0.102. The number of hydrogen-bond donors (Lipinski definition) is 3. The molecule has 3 N–H and O–H groups in total. The molecule has 4 heterocycles. The number of nitrogens with one attached hydrogen (secondary N) is 3. The first-order chi connectivity index (χ1) is 15.6. The Kier molecular flexibility index (Phi) is 5.56. The van der Waals surface area contributed by atoms with Crippen LogP contribution in [0.2, 0.25) is 0 Å². The van der Waals surface area contributed by atoms with Gasteiger partial charge in [0.05, 0.1) is 6.26 Å². The highest BCUT2D eigenvalue weighted by Crippen LogP contribution is 2.27. The molecule has 1 fully saturated rings. The van der Waals surface area contributed by atoms with Crippen LogP contribution < -0.4 is 16.0 Å². The Morgan fingerprint density at radius 2 is 1.91 bits per heavy atom. The molecule has 1 aliphatic rings. The molecule has 7 heteroatoms. The van der Waals surface area contributed by atoms with Crippen LogP contribution in [-0.4, -0.2) is 35.0 Å². The summed E-state index contributed by atoms with van der Waals surface area (Å²) >= 11 is 0. The van der Waals surface area contributed by atoms with E-state index in [9.17, 15) is 4.79 Å². The number of pyridine rings is 2. The van der Waals surface area contributed by atoms with Crippen LogP contribution in [0.5, 0.6) is 0 Å². The summed E-state index contributed by atoms with van der Waals surface area (Å²) in [4.78, 5) is 21.6. The molecule has 0 atom stereocenters. The first-order valence-corrected chi connectivity index (χ1v) is 10.8. The summed E-state index contributed by atoms with van der Waals surface area (Å²) in [7, 11) is 0. The lowest BCUT2D eigenvalue weighted by Gasteiger charge is -2.24. The lowest BCUT2D eigenvalue weighted by atomic mass is 10.1. The number of amides is 1. The van der Waals surface area contributed by atoms with Crippen molar-refractivity contribution in [3.05, 3.63) is 72.2 Å². The summed E-state index contributed by atoms with van der Waals surface area (Å²) in [5.74, 6) is 1.82. The summed E-state index contributed by atoms with van der Waals surface area (Å²) in [6.45, 7) is 3.98. The van der Waals surface area contributed by atoms with Gasteiger partial charge in [0, 0.05) is 34.9 Å². The van der Waals surface area contributed by atoms with Crippen LogP contribution in [0, 0.1) is 6.92 Å². The number of rotatable bonds is 5. The Morgan fingerprint density at radius 1 is 1.03 bits per heavy atom. The minimum atomic E-state index is -0.217. The van der Waals surface area contributed by atoms with E-state index in [-0.39, 0.29) is 5.91 Å². The number of fused-ring (bicyclic) bond motifs is 1. The van der Waals surface area contributed by atoms with Gasteiger partial charge in [-0.2, -0.15) is 0 Å². The van der Waals surface area contributed by atoms with E-state index in [1.807, 2.05) is 37.3 Å². The summed E-state index contributed by atoms with van der Waals surface area (Å²) in [6.07, 6.45) is 7.24. The highest BCUT2D eigenvalue weighted by atomic mass is 16.3. The number of aryl methyl sites for hydroxylation is 1. The molecule has 0 radical (unpaired) electrons. The third-order valence-electron chi connectivity index (χ3n) is 5.69. The maximum Gasteiger partial charge on any atom is 0.257 e. The van der Waals surface area contributed by atoms with Gasteiger partial charge < -0.3 is 20.4 Å². The minimum absolute atomic E-state index is 0.217. The van der Waals surface area contributed by atoms with Gasteiger partial charge in [-0.05, 0) is 74.1 Å². The summed E-state index contributed by atoms with van der Waals surface area (Å²) in [6, 6.07) is 13.8. The lowest BCUT2D eigenvalue weighted by Crippen LogP contribution is -2.35. The molecule has 0 aliphatic carbocycles. The monoisotopic (exact) mass is 427 g/mol. The van der Waals surface area contributed by atoms with E-state index in [2.05, 4.69) is 25.9 Å². The molecule has 0 spiro atoms. The van der Waals surface area contributed by atoms with E-state index in [4.69, 9.17) is 4.42 Å². The SMILES string of the molecule is Cc1coc(-c2ccc3cnc(NC(=O)c4ccnc(NC5CCNCC5)c4)cc3c2)c1. The second kappa shape index (κ2) is 8.80. The number of aromatic nitrogens is 2. The van der Waals surface area contributed by atoms with E-state index < -0.39 is 0 Å². The molecule has 5 rings (SSSR count). The number of benzene rings is 1. The fourth-order valence-electron chi connectivity index (χ4n) is 3.96. The van der Waals surface area contributed by atoms with Crippen LogP contribution >= 0.6 is 0 Å². The van der Waals surface area contributed by atoms with E-state index in [1.165, 1.54) is 0 Å².